The van der Waals surface area contributed by atoms with Gasteiger partial charge in [-0.2, -0.15) is 0 Å². The topological polar surface area (TPSA) is 67.3 Å². The van der Waals surface area contributed by atoms with Crippen LogP contribution in [0.4, 0.5) is 5.82 Å². The van der Waals surface area contributed by atoms with E-state index >= 15 is 0 Å². The highest BCUT2D eigenvalue weighted by atomic mass is 16.2. The Labute approximate surface area is 175 Å². The third-order valence-electron chi connectivity index (χ3n) is 5.23. The smallest absolute Gasteiger partial charge is 0.242 e. The zero-order valence-electron chi connectivity index (χ0n) is 18.7. The number of aromatic nitrogens is 1. The first-order valence-corrected chi connectivity index (χ1v) is 10.6. The first-order valence-electron chi connectivity index (χ1n) is 10.6. The summed E-state index contributed by atoms with van der Waals surface area (Å²) in [7, 11) is 4.06. The molecule has 2 heterocycles. The van der Waals surface area contributed by atoms with Gasteiger partial charge in [0.05, 0.1) is 13.1 Å². The molecule has 1 fully saturated rings. The van der Waals surface area contributed by atoms with Crippen LogP contribution in [0.2, 0.25) is 0 Å². The summed E-state index contributed by atoms with van der Waals surface area (Å²) in [6.07, 6.45) is 1.86. The third-order valence-corrected chi connectivity index (χ3v) is 5.23. The van der Waals surface area contributed by atoms with E-state index in [1.807, 2.05) is 49.9 Å². The number of guanidine groups is 1. The van der Waals surface area contributed by atoms with Crippen molar-refractivity contribution in [3.8, 4) is 0 Å². The first kappa shape index (κ1) is 22.9. The van der Waals surface area contributed by atoms with Gasteiger partial charge in [-0.15, -0.1) is 0 Å². The Morgan fingerprint density at radius 2 is 1.90 bits per heavy atom. The number of piperazine rings is 1. The number of carbonyl (C=O) groups is 1. The van der Waals surface area contributed by atoms with Gasteiger partial charge in [0.25, 0.3) is 0 Å². The number of anilines is 1. The number of carbonyl (C=O) groups excluding carboxylic acids is 1. The standard InChI is InChI=1S/C21H37N7O/c1-6-22-21(26(5)17-20(29)27(7-2)8-3)24-16-18-9-10-23-19(15-18)28-13-11-25(4)12-14-28/h9-10,15H,6-8,11-14,16-17H2,1-5H3,(H,22,24). The predicted octanol–water partition coefficient (Wildman–Crippen LogP) is 1.10. The Hall–Kier alpha value is -2.35. The van der Waals surface area contributed by atoms with E-state index in [1.165, 1.54) is 0 Å². The third kappa shape index (κ3) is 6.88. The largest absolute Gasteiger partial charge is 0.357 e. The van der Waals surface area contributed by atoms with Gasteiger partial charge in [0, 0.05) is 59.1 Å². The van der Waals surface area contributed by atoms with Gasteiger partial charge >= 0.3 is 0 Å². The van der Waals surface area contributed by atoms with Crippen LogP contribution in [-0.2, 0) is 11.3 Å². The molecule has 162 valence electrons. The number of hydrogen-bond acceptors (Lipinski definition) is 5. The Morgan fingerprint density at radius 3 is 2.52 bits per heavy atom. The lowest BCUT2D eigenvalue weighted by Crippen LogP contribution is -2.45. The van der Waals surface area contributed by atoms with Crippen molar-refractivity contribution in [1.82, 2.24) is 25.0 Å². The highest BCUT2D eigenvalue weighted by Crippen LogP contribution is 2.15. The first-order chi connectivity index (χ1) is 14.0. The molecular formula is C21H37N7O. The number of nitrogens with zero attached hydrogens (tertiary/aromatic N) is 6. The molecule has 1 aliphatic rings. The zero-order valence-corrected chi connectivity index (χ0v) is 18.7. The maximum Gasteiger partial charge on any atom is 0.242 e. The van der Waals surface area contributed by atoms with Gasteiger partial charge in [-0.25, -0.2) is 9.98 Å². The Bertz CT molecular complexity index is 667. The number of nitrogens with one attached hydrogen (secondary N) is 1. The fraction of sp³-hybridized carbons (Fsp3) is 0.667. The van der Waals surface area contributed by atoms with E-state index < -0.39 is 0 Å². The highest BCUT2D eigenvalue weighted by Gasteiger charge is 2.16. The maximum atomic E-state index is 12.4. The molecule has 0 saturated carbocycles. The van der Waals surface area contributed by atoms with Crippen molar-refractivity contribution in [3.05, 3.63) is 23.9 Å². The number of aliphatic imine (C=N–C) groups is 1. The van der Waals surface area contributed by atoms with Crippen molar-refractivity contribution in [2.75, 3.05) is 71.4 Å². The number of amides is 1. The summed E-state index contributed by atoms with van der Waals surface area (Å²) < 4.78 is 0. The number of likely N-dealkylation sites (N-methyl/N-ethyl adjacent to an activating group) is 3. The van der Waals surface area contributed by atoms with E-state index in [0.29, 0.717) is 13.1 Å². The quantitative estimate of drug-likeness (QED) is 0.518. The second-order valence-corrected chi connectivity index (χ2v) is 7.40. The Morgan fingerprint density at radius 1 is 1.21 bits per heavy atom. The van der Waals surface area contributed by atoms with E-state index in [1.54, 1.807) is 0 Å². The van der Waals surface area contributed by atoms with Crippen LogP contribution in [0.1, 0.15) is 26.3 Å². The van der Waals surface area contributed by atoms with Gasteiger partial charge in [0.1, 0.15) is 5.82 Å². The van der Waals surface area contributed by atoms with Crippen LogP contribution in [0.3, 0.4) is 0 Å². The summed E-state index contributed by atoms with van der Waals surface area (Å²) in [6, 6.07) is 4.13. The minimum Gasteiger partial charge on any atom is -0.357 e. The average Bonchev–Trinajstić information content (AvgIpc) is 2.72. The Kier molecular flexibility index (Phi) is 9.18. The molecule has 29 heavy (non-hydrogen) atoms. The molecule has 0 spiro atoms. The minimum atomic E-state index is 0.115. The SMILES string of the molecule is CCNC(=NCc1ccnc(N2CCN(C)CC2)c1)N(C)CC(=O)N(CC)CC. The van der Waals surface area contributed by atoms with Gasteiger partial charge in [0.15, 0.2) is 5.96 Å². The lowest BCUT2D eigenvalue weighted by molar-refractivity contribution is -0.131. The van der Waals surface area contributed by atoms with Crippen molar-refractivity contribution in [3.63, 3.8) is 0 Å². The van der Waals surface area contributed by atoms with E-state index in [0.717, 1.165) is 63.2 Å². The van der Waals surface area contributed by atoms with Gasteiger partial charge in [-0.1, -0.05) is 0 Å². The monoisotopic (exact) mass is 403 g/mol. The van der Waals surface area contributed by atoms with E-state index in [2.05, 4.69) is 33.2 Å². The Balaban J connectivity index is 2.04. The molecular weight excluding hydrogens is 366 g/mol. The molecule has 1 aliphatic heterocycles. The molecule has 1 N–H and O–H groups in total. The predicted molar refractivity (Wildman–Crippen MR) is 119 cm³/mol. The van der Waals surface area contributed by atoms with Crippen LogP contribution in [0, 0.1) is 0 Å². The molecule has 0 unspecified atom stereocenters. The van der Waals surface area contributed by atoms with Crippen LogP contribution in [0.5, 0.6) is 0 Å². The van der Waals surface area contributed by atoms with Crippen LogP contribution >= 0.6 is 0 Å². The van der Waals surface area contributed by atoms with Crippen molar-refractivity contribution in [2.24, 2.45) is 4.99 Å². The van der Waals surface area contributed by atoms with Gasteiger partial charge in [0.2, 0.25) is 5.91 Å². The van der Waals surface area contributed by atoms with Gasteiger partial charge in [-0.05, 0) is 45.5 Å². The maximum absolute atomic E-state index is 12.4. The number of pyridine rings is 1. The summed E-state index contributed by atoms with van der Waals surface area (Å²) in [4.78, 5) is 30.1. The van der Waals surface area contributed by atoms with Crippen molar-refractivity contribution in [1.29, 1.82) is 0 Å². The molecule has 0 aliphatic carbocycles. The van der Waals surface area contributed by atoms with Crippen molar-refractivity contribution >= 4 is 17.7 Å². The summed E-state index contributed by atoms with van der Waals surface area (Å²) in [5.74, 6) is 1.87. The van der Waals surface area contributed by atoms with Crippen LogP contribution < -0.4 is 10.2 Å². The van der Waals surface area contributed by atoms with Crippen molar-refractivity contribution < 1.29 is 4.79 Å². The average molecular weight is 404 g/mol. The second-order valence-electron chi connectivity index (χ2n) is 7.40. The molecule has 1 aromatic heterocycles. The van der Waals surface area contributed by atoms with Gasteiger partial charge in [-0.3, -0.25) is 4.79 Å². The molecule has 8 nitrogen and oxygen atoms in total. The molecule has 1 saturated heterocycles. The van der Waals surface area contributed by atoms with Crippen LogP contribution in [0.25, 0.3) is 0 Å². The fourth-order valence-corrected chi connectivity index (χ4v) is 3.36. The lowest BCUT2D eigenvalue weighted by atomic mass is 10.2. The molecule has 1 amide bonds. The van der Waals surface area contributed by atoms with Crippen LogP contribution in [0.15, 0.2) is 23.3 Å². The van der Waals surface area contributed by atoms with E-state index in [4.69, 9.17) is 4.99 Å². The molecule has 2 rings (SSSR count). The summed E-state index contributed by atoms with van der Waals surface area (Å²) >= 11 is 0. The molecule has 0 radical (unpaired) electrons. The van der Waals surface area contributed by atoms with E-state index in [9.17, 15) is 4.79 Å². The molecule has 0 bridgehead atoms. The normalized spacial score (nSPS) is 15.3. The molecule has 0 atom stereocenters. The summed E-state index contributed by atoms with van der Waals surface area (Å²) in [5, 5.41) is 3.29. The highest BCUT2D eigenvalue weighted by molar-refractivity contribution is 5.86. The van der Waals surface area contributed by atoms with Crippen LogP contribution in [-0.4, -0.2) is 98.0 Å². The minimum absolute atomic E-state index is 0.115. The zero-order chi connectivity index (χ0) is 21.2. The van der Waals surface area contributed by atoms with E-state index in [-0.39, 0.29) is 5.91 Å². The molecule has 1 aromatic rings. The van der Waals surface area contributed by atoms with Crippen molar-refractivity contribution in [2.45, 2.75) is 27.3 Å². The summed E-state index contributed by atoms with van der Waals surface area (Å²) in [5.41, 5.74) is 1.12. The fourth-order valence-electron chi connectivity index (χ4n) is 3.36. The summed E-state index contributed by atoms with van der Waals surface area (Å²) in [6.45, 7) is 13.2. The number of hydrogen-bond donors (Lipinski definition) is 1. The number of rotatable bonds is 8. The second kappa shape index (κ2) is 11.6. The van der Waals surface area contributed by atoms with Gasteiger partial charge < -0.3 is 24.9 Å². The molecule has 0 aromatic carbocycles. The lowest BCUT2D eigenvalue weighted by Gasteiger charge is -2.33. The molecule has 8 heteroatoms.